The number of hydrogen-bond acceptors (Lipinski definition) is 10. The highest BCUT2D eigenvalue weighted by Gasteiger charge is 2.35. The maximum atomic E-state index is 15.2. The van der Waals surface area contributed by atoms with E-state index in [1.54, 1.807) is 16.7 Å². The number of carbonyl (C=O) groups excluding carboxylic acids is 2. The van der Waals surface area contributed by atoms with Gasteiger partial charge in [0.05, 0.1) is 11.9 Å². The smallest absolute Gasteiger partial charge is 0.416 e. The van der Waals surface area contributed by atoms with Crippen LogP contribution in [0.3, 0.4) is 0 Å². The lowest BCUT2D eigenvalue weighted by atomic mass is 10.1. The molecule has 4 aliphatic rings. The molecule has 0 aromatic carbocycles. The van der Waals surface area contributed by atoms with Gasteiger partial charge < -0.3 is 34.7 Å². The van der Waals surface area contributed by atoms with E-state index >= 15 is 4.39 Å². The fourth-order valence-electron chi connectivity index (χ4n) is 5.80. The Morgan fingerprint density at radius 2 is 1.98 bits per heavy atom. The molecule has 0 bridgehead atoms. The molecule has 6 heterocycles. The predicted molar refractivity (Wildman–Crippen MR) is 150 cm³/mol. The van der Waals surface area contributed by atoms with Gasteiger partial charge in [-0.1, -0.05) is 0 Å². The number of halogens is 1. The molecular formula is C28H28FN7O7. The molecule has 2 unspecified atom stereocenters. The number of cyclic esters (lactones) is 1. The minimum atomic E-state index is -1.35. The van der Waals surface area contributed by atoms with Crippen LogP contribution in [0.15, 0.2) is 29.2 Å². The van der Waals surface area contributed by atoms with E-state index in [-0.39, 0.29) is 48.0 Å². The molecule has 2 saturated heterocycles. The van der Waals surface area contributed by atoms with E-state index in [1.807, 2.05) is 4.90 Å². The lowest BCUT2D eigenvalue weighted by Crippen LogP contribution is -2.35. The molecule has 1 aliphatic carbocycles. The van der Waals surface area contributed by atoms with Crippen LogP contribution in [0, 0.1) is 11.7 Å². The molecule has 1 saturated carbocycles. The Hall–Kier alpha value is -4.79. The second-order valence-electron chi connectivity index (χ2n) is 11.2. The maximum Gasteiger partial charge on any atom is 0.416 e. The Bertz CT molecular complexity index is 1730. The fraction of sp³-hybridized carbons (Fsp3) is 0.429. The zero-order valence-electron chi connectivity index (χ0n) is 22.9. The van der Waals surface area contributed by atoms with Gasteiger partial charge in [0, 0.05) is 31.9 Å². The quantitative estimate of drug-likeness (QED) is 0.348. The molecule has 3 aromatic rings. The Balaban J connectivity index is 0.977. The van der Waals surface area contributed by atoms with Crippen LogP contribution in [-0.2, 0) is 9.53 Å². The van der Waals surface area contributed by atoms with E-state index in [0.29, 0.717) is 43.4 Å². The van der Waals surface area contributed by atoms with Gasteiger partial charge in [-0.25, -0.2) is 23.9 Å². The van der Waals surface area contributed by atoms with Crippen LogP contribution in [0.4, 0.5) is 26.6 Å². The topological polar surface area (TPSA) is 168 Å². The van der Waals surface area contributed by atoms with Crippen molar-refractivity contribution < 1.29 is 33.4 Å². The van der Waals surface area contributed by atoms with Crippen molar-refractivity contribution in [3.05, 3.63) is 46.0 Å². The van der Waals surface area contributed by atoms with Crippen molar-refractivity contribution in [2.75, 3.05) is 54.4 Å². The molecule has 43 heavy (non-hydrogen) atoms. The van der Waals surface area contributed by atoms with E-state index in [9.17, 15) is 24.3 Å². The number of amides is 2. The first-order chi connectivity index (χ1) is 20.7. The number of aromatic carboxylic acids is 1. The number of carbonyl (C=O) groups is 3. The van der Waals surface area contributed by atoms with Crippen molar-refractivity contribution >= 4 is 46.5 Å². The molecule has 3 aromatic heterocycles. The standard InChI is InChI=1S/C28H28FN7O7/c29-19-7-17-23(38)18(27(39)40)12-35(15-1-2-15)25(17)33-26(19)34-6-5-14(10-34)8-30-9-16-11-36(28(41)43-16)21-4-3-20-24(31-21)32-22(37)13-42-20/h3-4,7,12,14-16,30H,1-2,5-6,8-11,13H2,(H,39,40)(H,31,32,37). The molecule has 2 amide bonds. The predicted octanol–water partition coefficient (Wildman–Crippen LogP) is 1.74. The first-order valence-corrected chi connectivity index (χ1v) is 14.1. The Labute approximate surface area is 243 Å². The van der Waals surface area contributed by atoms with Crippen LogP contribution in [-0.4, -0.2) is 83.0 Å². The van der Waals surface area contributed by atoms with Crippen molar-refractivity contribution in [3.8, 4) is 5.75 Å². The summed E-state index contributed by atoms with van der Waals surface area (Å²) in [4.78, 5) is 60.6. The van der Waals surface area contributed by atoms with Gasteiger partial charge in [-0.05, 0) is 49.9 Å². The molecule has 7 rings (SSSR count). The summed E-state index contributed by atoms with van der Waals surface area (Å²) in [7, 11) is 0. The summed E-state index contributed by atoms with van der Waals surface area (Å²) in [5, 5.41) is 15.4. The molecule has 3 fully saturated rings. The molecule has 2 atom stereocenters. The third kappa shape index (κ3) is 5.09. The van der Waals surface area contributed by atoms with Crippen LogP contribution in [0.1, 0.15) is 35.7 Å². The highest BCUT2D eigenvalue weighted by Crippen LogP contribution is 2.37. The summed E-state index contributed by atoms with van der Waals surface area (Å²) in [5.74, 6) is -0.970. The van der Waals surface area contributed by atoms with Gasteiger partial charge in [-0.2, -0.15) is 0 Å². The number of anilines is 3. The Kier molecular flexibility index (Phi) is 6.60. The monoisotopic (exact) mass is 593 g/mol. The first-order valence-electron chi connectivity index (χ1n) is 14.1. The van der Waals surface area contributed by atoms with E-state index < -0.39 is 35.0 Å². The second kappa shape index (κ2) is 10.5. The van der Waals surface area contributed by atoms with E-state index in [1.165, 1.54) is 11.1 Å². The number of fused-ring (bicyclic) bond motifs is 2. The highest BCUT2D eigenvalue weighted by molar-refractivity contribution is 5.95. The summed E-state index contributed by atoms with van der Waals surface area (Å²) in [6.45, 7) is 2.31. The summed E-state index contributed by atoms with van der Waals surface area (Å²) in [6, 6.07) is 4.43. The van der Waals surface area contributed by atoms with Crippen molar-refractivity contribution in [3.63, 3.8) is 0 Å². The summed E-state index contributed by atoms with van der Waals surface area (Å²) in [5.41, 5.74) is -0.833. The first kappa shape index (κ1) is 27.1. The van der Waals surface area contributed by atoms with Crippen LogP contribution in [0.5, 0.6) is 5.75 Å². The van der Waals surface area contributed by atoms with Gasteiger partial charge in [-0.3, -0.25) is 14.5 Å². The summed E-state index contributed by atoms with van der Waals surface area (Å²) >= 11 is 0. The minimum Gasteiger partial charge on any atom is -0.480 e. The van der Waals surface area contributed by atoms with Gasteiger partial charge in [0.1, 0.15) is 23.1 Å². The average Bonchev–Trinajstić information content (AvgIpc) is 3.60. The van der Waals surface area contributed by atoms with Gasteiger partial charge in [0.15, 0.2) is 29.8 Å². The van der Waals surface area contributed by atoms with Crippen molar-refractivity contribution in [2.24, 2.45) is 5.92 Å². The van der Waals surface area contributed by atoms with Crippen LogP contribution >= 0.6 is 0 Å². The van der Waals surface area contributed by atoms with Gasteiger partial charge in [0.25, 0.3) is 5.91 Å². The van der Waals surface area contributed by atoms with Gasteiger partial charge >= 0.3 is 12.1 Å². The maximum absolute atomic E-state index is 15.2. The fourth-order valence-corrected chi connectivity index (χ4v) is 5.80. The lowest BCUT2D eigenvalue weighted by molar-refractivity contribution is -0.118. The summed E-state index contributed by atoms with van der Waals surface area (Å²) < 4.78 is 27.8. The number of ether oxygens (including phenoxy) is 2. The SMILES string of the molecule is O=C1COc2ccc(N3CC(CNCC4CCN(c5nc6c(cc5F)c(=O)c(C(=O)O)cn6C5CC5)C4)OC3=O)nc2N1. The number of nitrogens with one attached hydrogen (secondary N) is 2. The molecule has 3 N–H and O–H groups in total. The van der Waals surface area contributed by atoms with E-state index in [0.717, 1.165) is 25.3 Å². The van der Waals surface area contributed by atoms with Gasteiger partial charge in [0.2, 0.25) is 5.43 Å². The third-order valence-corrected chi connectivity index (χ3v) is 8.11. The molecule has 0 spiro atoms. The number of carboxylic acids is 1. The van der Waals surface area contributed by atoms with Crippen LogP contribution < -0.4 is 30.6 Å². The number of nitrogens with zero attached hydrogens (tertiary/aromatic N) is 5. The number of pyridine rings is 3. The molecule has 3 aliphatic heterocycles. The largest absolute Gasteiger partial charge is 0.480 e. The molecule has 224 valence electrons. The second-order valence-corrected chi connectivity index (χ2v) is 11.2. The third-order valence-electron chi connectivity index (χ3n) is 8.11. The van der Waals surface area contributed by atoms with Crippen molar-refractivity contribution in [2.45, 2.75) is 31.4 Å². The lowest BCUT2D eigenvalue weighted by Gasteiger charge is -2.20. The zero-order valence-corrected chi connectivity index (χ0v) is 22.9. The highest BCUT2D eigenvalue weighted by atomic mass is 19.1. The molecular weight excluding hydrogens is 565 g/mol. The number of rotatable bonds is 8. The minimum absolute atomic E-state index is 0.0331. The summed E-state index contributed by atoms with van der Waals surface area (Å²) in [6.07, 6.45) is 2.83. The van der Waals surface area contributed by atoms with E-state index in [2.05, 4.69) is 20.6 Å². The van der Waals surface area contributed by atoms with Crippen molar-refractivity contribution in [1.82, 2.24) is 19.9 Å². The van der Waals surface area contributed by atoms with Crippen molar-refractivity contribution in [1.29, 1.82) is 0 Å². The van der Waals surface area contributed by atoms with Gasteiger partial charge in [-0.15, -0.1) is 0 Å². The molecule has 14 nitrogen and oxygen atoms in total. The molecule has 15 heteroatoms. The zero-order chi connectivity index (χ0) is 29.8. The molecule has 0 radical (unpaired) electrons. The van der Waals surface area contributed by atoms with Crippen LogP contribution in [0.2, 0.25) is 0 Å². The average molecular weight is 594 g/mol. The normalized spacial score (nSPS) is 21.5. The Morgan fingerprint density at radius 3 is 2.77 bits per heavy atom. The number of aromatic nitrogens is 3. The van der Waals surface area contributed by atoms with E-state index in [4.69, 9.17) is 9.47 Å². The Morgan fingerprint density at radius 1 is 1.14 bits per heavy atom. The van der Waals surface area contributed by atoms with Crippen LogP contribution in [0.25, 0.3) is 11.0 Å². The number of carboxylic acid groups (broad SMARTS) is 1. The number of hydrogen-bond donors (Lipinski definition) is 3.